The van der Waals surface area contributed by atoms with E-state index in [4.69, 9.17) is 11.6 Å². The molecule has 0 bridgehead atoms. The third kappa shape index (κ3) is 4.08. The Morgan fingerprint density at radius 2 is 2.04 bits per heavy atom. The fourth-order valence-corrected chi connectivity index (χ4v) is 3.78. The molecule has 0 fully saturated rings. The zero-order chi connectivity index (χ0) is 18.8. The summed E-state index contributed by atoms with van der Waals surface area (Å²) in [4.78, 5) is 26.5. The van der Waals surface area contributed by atoms with E-state index in [1.54, 1.807) is 0 Å². The van der Waals surface area contributed by atoms with E-state index in [9.17, 15) is 4.79 Å². The van der Waals surface area contributed by atoms with Crippen LogP contribution in [0.1, 0.15) is 16.8 Å². The number of hydrogen-bond acceptors (Lipinski definition) is 5. The highest BCUT2D eigenvalue weighted by Gasteiger charge is 2.21. The molecule has 0 amide bonds. The van der Waals surface area contributed by atoms with E-state index in [1.165, 1.54) is 11.8 Å². The van der Waals surface area contributed by atoms with Crippen molar-refractivity contribution in [2.75, 3.05) is 12.8 Å². The Morgan fingerprint density at radius 3 is 2.74 bits per heavy atom. The molecule has 3 aromatic rings. The number of thioether (sulfide) groups is 1. The molecular formula is C20H19ClN4OS. The molecule has 27 heavy (non-hydrogen) atoms. The Morgan fingerprint density at radius 1 is 1.22 bits per heavy atom. The monoisotopic (exact) mass is 398 g/mol. The lowest BCUT2D eigenvalue weighted by molar-refractivity contribution is 0.240. The van der Waals surface area contributed by atoms with Crippen LogP contribution < -0.4 is 5.56 Å². The molecule has 3 heterocycles. The maximum absolute atomic E-state index is 12.3. The summed E-state index contributed by atoms with van der Waals surface area (Å²) in [5.41, 5.74) is 4.77. The maximum Gasteiger partial charge on any atom is 0.256 e. The second kappa shape index (κ2) is 7.84. The predicted octanol–water partition coefficient (Wildman–Crippen LogP) is 3.77. The summed E-state index contributed by atoms with van der Waals surface area (Å²) in [6.07, 6.45) is 4.61. The first-order valence-corrected chi connectivity index (χ1v) is 10.3. The fourth-order valence-electron chi connectivity index (χ4n) is 3.26. The number of aromatic amines is 1. The Hall–Kier alpha value is -2.15. The Kier molecular flexibility index (Phi) is 5.29. The molecule has 5 nitrogen and oxygen atoms in total. The molecule has 0 spiro atoms. The van der Waals surface area contributed by atoms with Gasteiger partial charge in [-0.3, -0.25) is 14.7 Å². The molecule has 1 N–H and O–H groups in total. The number of rotatable bonds is 4. The molecule has 0 radical (unpaired) electrons. The minimum absolute atomic E-state index is 0.0229. The van der Waals surface area contributed by atoms with Crippen LogP contribution in [0.15, 0.2) is 52.5 Å². The van der Waals surface area contributed by atoms with E-state index in [0.717, 1.165) is 52.6 Å². The lowest BCUT2D eigenvalue weighted by atomic mass is 10.1. The molecule has 4 rings (SSSR count). The Labute approximate surface area is 166 Å². The summed E-state index contributed by atoms with van der Waals surface area (Å²) in [5, 5.41) is 1.41. The third-order valence-corrected chi connectivity index (χ3v) is 5.52. The van der Waals surface area contributed by atoms with Gasteiger partial charge >= 0.3 is 0 Å². The minimum Gasteiger partial charge on any atom is -0.301 e. The van der Waals surface area contributed by atoms with Gasteiger partial charge in [0, 0.05) is 42.8 Å². The minimum atomic E-state index is -0.0229. The highest BCUT2D eigenvalue weighted by Crippen LogP contribution is 2.21. The number of hydrogen-bond donors (Lipinski definition) is 1. The van der Waals surface area contributed by atoms with Gasteiger partial charge < -0.3 is 4.98 Å². The van der Waals surface area contributed by atoms with Gasteiger partial charge in [0.05, 0.1) is 17.0 Å². The van der Waals surface area contributed by atoms with Gasteiger partial charge in [0.2, 0.25) is 0 Å². The lowest BCUT2D eigenvalue weighted by Gasteiger charge is -2.27. The van der Waals surface area contributed by atoms with E-state index in [-0.39, 0.29) is 5.56 Å². The molecule has 0 saturated heterocycles. The van der Waals surface area contributed by atoms with E-state index < -0.39 is 0 Å². The van der Waals surface area contributed by atoms with Gasteiger partial charge in [-0.2, -0.15) is 0 Å². The van der Waals surface area contributed by atoms with Crippen molar-refractivity contribution in [1.29, 1.82) is 0 Å². The third-order valence-electron chi connectivity index (χ3n) is 4.69. The SMILES string of the molecule is CSc1nc2c(c(=O)[nH]1)CN(Cc1ccc(-c3ccc(Cl)cc3)nc1)CC2. The molecule has 0 atom stereocenters. The number of halogens is 1. The van der Waals surface area contributed by atoms with E-state index >= 15 is 0 Å². The average molecular weight is 399 g/mol. The van der Waals surface area contributed by atoms with Gasteiger partial charge in [0.15, 0.2) is 5.16 Å². The second-order valence-electron chi connectivity index (χ2n) is 6.52. The highest BCUT2D eigenvalue weighted by molar-refractivity contribution is 7.98. The first kappa shape index (κ1) is 18.2. The smallest absolute Gasteiger partial charge is 0.256 e. The Bertz CT molecular complexity index is 1000. The molecule has 0 aliphatic carbocycles. The van der Waals surface area contributed by atoms with Crippen molar-refractivity contribution < 1.29 is 0 Å². The highest BCUT2D eigenvalue weighted by atomic mass is 35.5. The van der Waals surface area contributed by atoms with E-state index in [0.29, 0.717) is 11.7 Å². The largest absolute Gasteiger partial charge is 0.301 e. The van der Waals surface area contributed by atoms with Crippen molar-refractivity contribution in [3.8, 4) is 11.3 Å². The topological polar surface area (TPSA) is 61.9 Å². The number of nitrogens with one attached hydrogen (secondary N) is 1. The van der Waals surface area contributed by atoms with Crippen molar-refractivity contribution in [2.24, 2.45) is 0 Å². The summed E-state index contributed by atoms with van der Waals surface area (Å²) >= 11 is 7.40. The molecule has 2 aromatic heterocycles. The molecule has 1 aromatic carbocycles. The van der Waals surface area contributed by atoms with Gasteiger partial charge in [-0.05, 0) is 30.0 Å². The van der Waals surface area contributed by atoms with Crippen LogP contribution >= 0.6 is 23.4 Å². The summed E-state index contributed by atoms with van der Waals surface area (Å²) in [6.45, 7) is 2.26. The second-order valence-corrected chi connectivity index (χ2v) is 7.75. The molecule has 1 aliphatic rings. The van der Waals surface area contributed by atoms with Crippen LogP contribution in [0, 0.1) is 0 Å². The summed E-state index contributed by atoms with van der Waals surface area (Å²) in [5.74, 6) is 0. The first-order valence-electron chi connectivity index (χ1n) is 8.71. The molecule has 0 unspecified atom stereocenters. The molecule has 1 aliphatic heterocycles. The van der Waals surface area contributed by atoms with Gasteiger partial charge in [-0.1, -0.05) is 41.6 Å². The number of benzene rings is 1. The fraction of sp³-hybridized carbons (Fsp3) is 0.250. The number of aromatic nitrogens is 3. The van der Waals surface area contributed by atoms with Crippen molar-refractivity contribution in [1.82, 2.24) is 19.9 Å². The van der Waals surface area contributed by atoms with Gasteiger partial charge in [-0.15, -0.1) is 0 Å². The van der Waals surface area contributed by atoms with Crippen LogP contribution in [0.2, 0.25) is 5.02 Å². The normalized spacial score (nSPS) is 14.1. The summed E-state index contributed by atoms with van der Waals surface area (Å²) in [7, 11) is 0. The lowest BCUT2D eigenvalue weighted by Crippen LogP contribution is -2.35. The first-order chi connectivity index (χ1) is 13.1. The van der Waals surface area contributed by atoms with Crippen LogP contribution in [0.25, 0.3) is 11.3 Å². The number of pyridine rings is 1. The van der Waals surface area contributed by atoms with Gasteiger partial charge in [0.1, 0.15) is 0 Å². The number of fused-ring (bicyclic) bond motifs is 1. The van der Waals surface area contributed by atoms with E-state index in [2.05, 4.69) is 25.9 Å². The van der Waals surface area contributed by atoms with Crippen LogP contribution in [-0.4, -0.2) is 32.7 Å². The van der Waals surface area contributed by atoms with Crippen LogP contribution in [-0.2, 0) is 19.5 Å². The standard InChI is InChI=1S/C20H19ClN4OS/c1-27-20-23-18-8-9-25(12-16(18)19(26)24-20)11-13-2-7-17(22-10-13)14-3-5-15(21)6-4-14/h2-7,10H,8-9,11-12H2,1H3,(H,23,24,26). The molecule has 0 saturated carbocycles. The van der Waals surface area contributed by atoms with Crippen molar-refractivity contribution in [3.63, 3.8) is 0 Å². The average Bonchev–Trinajstić information content (AvgIpc) is 2.69. The number of nitrogens with zero attached hydrogens (tertiary/aromatic N) is 3. The zero-order valence-corrected chi connectivity index (χ0v) is 16.5. The van der Waals surface area contributed by atoms with Gasteiger partial charge in [0.25, 0.3) is 5.56 Å². The maximum atomic E-state index is 12.3. The van der Waals surface area contributed by atoms with Crippen molar-refractivity contribution >= 4 is 23.4 Å². The van der Waals surface area contributed by atoms with Crippen LogP contribution in [0.3, 0.4) is 0 Å². The summed E-state index contributed by atoms with van der Waals surface area (Å²) in [6, 6.07) is 11.8. The van der Waals surface area contributed by atoms with Crippen LogP contribution in [0.5, 0.6) is 0 Å². The van der Waals surface area contributed by atoms with Crippen LogP contribution in [0.4, 0.5) is 0 Å². The van der Waals surface area contributed by atoms with Crippen molar-refractivity contribution in [3.05, 3.63) is 74.8 Å². The van der Waals surface area contributed by atoms with Gasteiger partial charge in [-0.25, -0.2) is 4.98 Å². The summed E-state index contributed by atoms with van der Waals surface area (Å²) < 4.78 is 0. The quantitative estimate of drug-likeness (QED) is 0.535. The molecular weight excluding hydrogens is 380 g/mol. The van der Waals surface area contributed by atoms with E-state index in [1.807, 2.05) is 42.8 Å². The number of H-pyrrole nitrogens is 1. The Balaban J connectivity index is 1.47. The molecule has 138 valence electrons. The zero-order valence-electron chi connectivity index (χ0n) is 14.9. The molecule has 7 heteroatoms. The van der Waals surface area contributed by atoms with Crippen molar-refractivity contribution in [2.45, 2.75) is 24.7 Å². The predicted molar refractivity (Wildman–Crippen MR) is 109 cm³/mol.